The van der Waals surface area contributed by atoms with Crippen LogP contribution in [0.4, 0.5) is 0 Å². The van der Waals surface area contributed by atoms with Gasteiger partial charge in [-0.1, -0.05) is 19.1 Å². The molecule has 0 aliphatic heterocycles. The number of aryl methyl sites for hydroxylation is 1. The molecule has 0 bridgehead atoms. The lowest BCUT2D eigenvalue weighted by atomic mass is 9.90. The van der Waals surface area contributed by atoms with Gasteiger partial charge in [-0.25, -0.2) is 0 Å². The average Bonchev–Trinajstić information content (AvgIpc) is 2.29. The third-order valence-corrected chi connectivity index (χ3v) is 2.91. The molecule has 0 heterocycles. The van der Waals surface area contributed by atoms with E-state index in [0.717, 1.165) is 12.2 Å². The molecule has 0 saturated heterocycles. The standard InChI is InChI=1S/C13H16O3/c1-3-9-5-4-6-10(7-9)16-12-8-11(14)13(12)15-2/h4-7,12-13H,3,8H2,1-2H3. The van der Waals surface area contributed by atoms with Gasteiger partial charge >= 0.3 is 0 Å². The van der Waals surface area contributed by atoms with Gasteiger partial charge in [-0.15, -0.1) is 0 Å². The van der Waals surface area contributed by atoms with Crippen LogP contribution in [0.2, 0.25) is 0 Å². The van der Waals surface area contributed by atoms with E-state index in [2.05, 4.69) is 13.0 Å². The Bertz CT molecular complexity index is 387. The topological polar surface area (TPSA) is 35.5 Å². The highest BCUT2D eigenvalue weighted by Gasteiger charge is 2.41. The molecule has 1 aliphatic carbocycles. The second-order valence-corrected chi connectivity index (χ2v) is 3.98. The molecule has 2 rings (SSSR count). The summed E-state index contributed by atoms with van der Waals surface area (Å²) in [4.78, 5) is 11.2. The van der Waals surface area contributed by atoms with Crippen molar-refractivity contribution in [2.75, 3.05) is 7.11 Å². The lowest BCUT2D eigenvalue weighted by molar-refractivity contribution is -0.150. The zero-order valence-electron chi connectivity index (χ0n) is 9.60. The first kappa shape index (κ1) is 11.1. The number of rotatable bonds is 4. The minimum Gasteiger partial charge on any atom is -0.487 e. The van der Waals surface area contributed by atoms with Crippen molar-refractivity contribution >= 4 is 5.78 Å². The number of hydrogen-bond donors (Lipinski definition) is 0. The first-order valence-corrected chi connectivity index (χ1v) is 5.55. The van der Waals surface area contributed by atoms with E-state index in [9.17, 15) is 4.79 Å². The molecular weight excluding hydrogens is 204 g/mol. The van der Waals surface area contributed by atoms with Crippen molar-refractivity contribution in [1.82, 2.24) is 0 Å². The molecule has 1 aromatic rings. The Hall–Kier alpha value is -1.35. The van der Waals surface area contributed by atoms with E-state index in [-0.39, 0.29) is 18.0 Å². The van der Waals surface area contributed by atoms with Gasteiger partial charge in [0.15, 0.2) is 11.9 Å². The first-order chi connectivity index (χ1) is 7.74. The summed E-state index contributed by atoms with van der Waals surface area (Å²) in [6.45, 7) is 2.10. The Balaban J connectivity index is 2.01. The van der Waals surface area contributed by atoms with Crippen LogP contribution in [-0.4, -0.2) is 25.1 Å². The molecule has 0 N–H and O–H groups in total. The van der Waals surface area contributed by atoms with Crippen LogP contribution in [0.5, 0.6) is 5.75 Å². The summed E-state index contributed by atoms with van der Waals surface area (Å²) >= 11 is 0. The van der Waals surface area contributed by atoms with Gasteiger partial charge in [0, 0.05) is 13.5 Å². The van der Waals surface area contributed by atoms with Gasteiger partial charge in [0.1, 0.15) is 11.9 Å². The number of ketones is 1. The first-order valence-electron chi connectivity index (χ1n) is 5.55. The van der Waals surface area contributed by atoms with Crippen LogP contribution in [0.15, 0.2) is 24.3 Å². The molecule has 16 heavy (non-hydrogen) atoms. The second-order valence-electron chi connectivity index (χ2n) is 3.98. The zero-order valence-corrected chi connectivity index (χ0v) is 9.60. The molecule has 1 fully saturated rings. The maximum Gasteiger partial charge on any atom is 0.169 e. The molecule has 2 atom stereocenters. The summed E-state index contributed by atoms with van der Waals surface area (Å²) in [5.41, 5.74) is 1.23. The summed E-state index contributed by atoms with van der Waals surface area (Å²) in [7, 11) is 1.54. The number of methoxy groups -OCH3 is 1. The normalized spacial score (nSPS) is 24.0. The fourth-order valence-electron chi connectivity index (χ4n) is 1.87. The van der Waals surface area contributed by atoms with Gasteiger partial charge < -0.3 is 9.47 Å². The maximum atomic E-state index is 11.2. The van der Waals surface area contributed by atoms with E-state index in [0.29, 0.717) is 6.42 Å². The van der Waals surface area contributed by atoms with Crippen LogP contribution in [-0.2, 0) is 16.0 Å². The lowest BCUT2D eigenvalue weighted by Crippen LogP contribution is -2.51. The van der Waals surface area contributed by atoms with Gasteiger partial charge in [-0.05, 0) is 24.1 Å². The molecule has 0 aromatic heterocycles. The molecule has 1 aromatic carbocycles. The van der Waals surface area contributed by atoms with E-state index in [1.165, 1.54) is 5.56 Å². The molecule has 86 valence electrons. The van der Waals surface area contributed by atoms with Crippen molar-refractivity contribution in [2.45, 2.75) is 32.0 Å². The van der Waals surface area contributed by atoms with Crippen molar-refractivity contribution in [2.24, 2.45) is 0 Å². The fraction of sp³-hybridized carbons (Fsp3) is 0.462. The smallest absolute Gasteiger partial charge is 0.169 e. The minimum atomic E-state index is -0.384. The van der Waals surface area contributed by atoms with Crippen molar-refractivity contribution in [3.63, 3.8) is 0 Å². The largest absolute Gasteiger partial charge is 0.487 e. The SMILES string of the molecule is CCc1cccc(OC2CC(=O)C2OC)c1. The highest BCUT2D eigenvalue weighted by Crippen LogP contribution is 2.25. The summed E-state index contributed by atoms with van der Waals surface area (Å²) in [5.74, 6) is 0.943. The Morgan fingerprint density at radius 3 is 2.88 bits per heavy atom. The monoisotopic (exact) mass is 220 g/mol. The average molecular weight is 220 g/mol. The van der Waals surface area contributed by atoms with Crippen LogP contribution < -0.4 is 4.74 Å². The molecular formula is C13H16O3. The summed E-state index contributed by atoms with van der Waals surface area (Å²) in [6.07, 6.45) is 0.929. The molecule has 2 unspecified atom stereocenters. The van der Waals surface area contributed by atoms with Gasteiger partial charge in [0.05, 0.1) is 0 Å². The van der Waals surface area contributed by atoms with Crippen LogP contribution in [0.25, 0.3) is 0 Å². The van der Waals surface area contributed by atoms with E-state index in [1.54, 1.807) is 7.11 Å². The van der Waals surface area contributed by atoms with E-state index in [1.807, 2.05) is 18.2 Å². The summed E-state index contributed by atoms with van der Waals surface area (Å²) in [6, 6.07) is 7.95. The number of carbonyl (C=O) groups excluding carboxylic acids is 1. The molecule has 0 amide bonds. The third kappa shape index (κ3) is 2.09. The number of hydrogen-bond acceptors (Lipinski definition) is 3. The van der Waals surface area contributed by atoms with Gasteiger partial charge in [-0.3, -0.25) is 4.79 Å². The molecule has 0 spiro atoms. The molecule has 0 radical (unpaired) electrons. The van der Waals surface area contributed by atoms with Crippen molar-refractivity contribution in [3.8, 4) is 5.75 Å². The fourth-order valence-corrected chi connectivity index (χ4v) is 1.87. The minimum absolute atomic E-state index is 0.121. The second kappa shape index (κ2) is 4.66. The van der Waals surface area contributed by atoms with Crippen LogP contribution in [0, 0.1) is 0 Å². The van der Waals surface area contributed by atoms with Crippen LogP contribution in [0.1, 0.15) is 18.9 Å². The highest BCUT2D eigenvalue weighted by atomic mass is 16.5. The Morgan fingerprint density at radius 1 is 1.44 bits per heavy atom. The van der Waals surface area contributed by atoms with Crippen LogP contribution >= 0.6 is 0 Å². The predicted octanol–water partition coefficient (Wildman–Crippen LogP) is 1.98. The Morgan fingerprint density at radius 2 is 2.25 bits per heavy atom. The van der Waals surface area contributed by atoms with E-state index < -0.39 is 0 Å². The molecule has 1 saturated carbocycles. The third-order valence-electron chi connectivity index (χ3n) is 2.91. The zero-order chi connectivity index (χ0) is 11.5. The number of benzene rings is 1. The summed E-state index contributed by atoms with van der Waals surface area (Å²) in [5, 5.41) is 0. The van der Waals surface area contributed by atoms with Gasteiger partial charge in [0.25, 0.3) is 0 Å². The van der Waals surface area contributed by atoms with Gasteiger partial charge in [-0.2, -0.15) is 0 Å². The maximum absolute atomic E-state index is 11.2. The Labute approximate surface area is 95.4 Å². The number of Topliss-reactive ketones (excluding diaryl/α,β-unsaturated/α-hetero) is 1. The molecule has 3 heteroatoms. The number of ether oxygens (including phenoxy) is 2. The van der Waals surface area contributed by atoms with Gasteiger partial charge in [0.2, 0.25) is 0 Å². The van der Waals surface area contributed by atoms with E-state index in [4.69, 9.17) is 9.47 Å². The van der Waals surface area contributed by atoms with Crippen molar-refractivity contribution in [3.05, 3.63) is 29.8 Å². The molecule has 3 nitrogen and oxygen atoms in total. The van der Waals surface area contributed by atoms with Crippen LogP contribution in [0.3, 0.4) is 0 Å². The molecule has 1 aliphatic rings. The lowest BCUT2D eigenvalue weighted by Gasteiger charge is -2.33. The van der Waals surface area contributed by atoms with Crippen molar-refractivity contribution in [1.29, 1.82) is 0 Å². The van der Waals surface area contributed by atoms with E-state index >= 15 is 0 Å². The quantitative estimate of drug-likeness (QED) is 0.778. The van der Waals surface area contributed by atoms with Crippen molar-refractivity contribution < 1.29 is 14.3 Å². The Kier molecular flexibility index (Phi) is 3.25. The summed E-state index contributed by atoms with van der Waals surface area (Å²) < 4.78 is 10.8. The predicted molar refractivity (Wildman–Crippen MR) is 60.7 cm³/mol. The highest BCUT2D eigenvalue weighted by molar-refractivity contribution is 5.90. The number of carbonyl (C=O) groups is 1.